The van der Waals surface area contributed by atoms with E-state index < -0.39 is 40.7 Å². The first-order valence-electron chi connectivity index (χ1n) is 6.50. The number of carbonyl (C=O) groups is 3. The number of esters is 1. The second-order valence-corrected chi connectivity index (χ2v) is 4.94. The molecule has 0 saturated heterocycles. The summed E-state index contributed by atoms with van der Waals surface area (Å²) < 4.78 is 45.4. The zero-order valence-corrected chi connectivity index (χ0v) is 12.2. The van der Waals surface area contributed by atoms with E-state index in [4.69, 9.17) is 0 Å². The smallest absolute Gasteiger partial charge is 0.427 e. The fourth-order valence-electron chi connectivity index (χ4n) is 2.42. The summed E-state index contributed by atoms with van der Waals surface area (Å²) in [6.45, 7) is 1.94. The van der Waals surface area contributed by atoms with E-state index in [9.17, 15) is 27.6 Å². The maximum atomic E-state index is 13.6. The molecule has 0 spiro atoms. The maximum absolute atomic E-state index is 13.6. The summed E-state index contributed by atoms with van der Waals surface area (Å²) in [5.41, 5.74) is -4.51. The van der Waals surface area contributed by atoms with E-state index in [1.807, 2.05) is 0 Å². The predicted molar refractivity (Wildman–Crippen MR) is 72.2 cm³/mol. The van der Waals surface area contributed by atoms with Gasteiger partial charge in [0, 0.05) is 5.56 Å². The molecule has 2 rings (SSSR count). The van der Waals surface area contributed by atoms with Crippen LogP contribution in [0.2, 0.25) is 0 Å². The van der Waals surface area contributed by atoms with Gasteiger partial charge in [-0.3, -0.25) is 9.59 Å². The first kappa shape index (κ1) is 16.7. The summed E-state index contributed by atoms with van der Waals surface area (Å²) in [5, 5.41) is 1.64. The van der Waals surface area contributed by atoms with E-state index in [1.54, 1.807) is 11.4 Å². The molecular formula is C15H12F3NO4. The monoisotopic (exact) mass is 327 g/mol. The van der Waals surface area contributed by atoms with Crippen molar-refractivity contribution < 1.29 is 32.3 Å². The SMILES string of the molecule is CC(=O)C1=C(C)OC(=O)C1(NC(=O)c1ccccc1)C(F)(F)F. The number of benzene rings is 1. The number of Topliss-reactive ketones (excluding diaryl/α,β-unsaturated/α-hetero) is 1. The highest BCUT2D eigenvalue weighted by Gasteiger charge is 2.69. The topological polar surface area (TPSA) is 72.5 Å². The zero-order valence-electron chi connectivity index (χ0n) is 12.2. The minimum atomic E-state index is -5.24. The lowest BCUT2D eigenvalue weighted by Crippen LogP contribution is -2.64. The van der Waals surface area contributed by atoms with Crippen molar-refractivity contribution in [1.29, 1.82) is 0 Å². The third kappa shape index (κ3) is 2.60. The number of allylic oxidation sites excluding steroid dienone is 1. The number of alkyl halides is 3. The van der Waals surface area contributed by atoms with Gasteiger partial charge in [-0.05, 0) is 26.0 Å². The van der Waals surface area contributed by atoms with Crippen LogP contribution in [-0.4, -0.2) is 29.4 Å². The van der Waals surface area contributed by atoms with Gasteiger partial charge < -0.3 is 10.1 Å². The first-order valence-corrected chi connectivity index (χ1v) is 6.50. The number of amides is 1. The molecule has 0 fully saturated rings. The third-order valence-electron chi connectivity index (χ3n) is 3.39. The van der Waals surface area contributed by atoms with Gasteiger partial charge in [0.05, 0.1) is 5.57 Å². The van der Waals surface area contributed by atoms with Crippen LogP contribution >= 0.6 is 0 Å². The van der Waals surface area contributed by atoms with Crippen LogP contribution in [0.4, 0.5) is 13.2 Å². The first-order chi connectivity index (χ1) is 10.6. The van der Waals surface area contributed by atoms with Crippen LogP contribution in [0.25, 0.3) is 0 Å². The van der Waals surface area contributed by atoms with Crippen LogP contribution < -0.4 is 5.32 Å². The number of ether oxygens (including phenoxy) is 1. The minimum absolute atomic E-state index is 0.0867. The van der Waals surface area contributed by atoms with E-state index in [-0.39, 0.29) is 5.56 Å². The van der Waals surface area contributed by atoms with Crippen molar-refractivity contribution in [1.82, 2.24) is 5.32 Å². The Kier molecular flexibility index (Phi) is 4.02. The van der Waals surface area contributed by atoms with Crippen molar-refractivity contribution in [3.63, 3.8) is 0 Å². The van der Waals surface area contributed by atoms with Gasteiger partial charge in [0.1, 0.15) is 5.76 Å². The lowest BCUT2D eigenvalue weighted by Gasteiger charge is -2.30. The van der Waals surface area contributed by atoms with E-state index in [0.29, 0.717) is 0 Å². The molecule has 8 heteroatoms. The lowest BCUT2D eigenvalue weighted by atomic mass is 9.86. The Labute approximate surface area is 129 Å². The maximum Gasteiger partial charge on any atom is 0.427 e. The molecule has 122 valence electrons. The molecule has 1 amide bonds. The number of halogens is 3. The molecule has 0 aromatic heterocycles. The summed E-state index contributed by atoms with van der Waals surface area (Å²) in [5.74, 6) is -4.39. The summed E-state index contributed by atoms with van der Waals surface area (Å²) >= 11 is 0. The standard InChI is InChI=1S/C15H12F3NO4/c1-8(20)11-9(2)23-13(22)14(11,15(16,17)18)19-12(21)10-6-4-3-5-7-10/h3-7H,1-2H3,(H,19,21). The number of cyclic esters (lactones) is 1. The molecular weight excluding hydrogens is 315 g/mol. The van der Waals surface area contributed by atoms with E-state index >= 15 is 0 Å². The van der Waals surface area contributed by atoms with Gasteiger partial charge in [-0.2, -0.15) is 13.2 Å². The van der Waals surface area contributed by atoms with Crippen molar-refractivity contribution in [3.8, 4) is 0 Å². The Bertz CT molecular complexity index is 709. The molecule has 1 heterocycles. The van der Waals surface area contributed by atoms with Crippen LogP contribution in [0.15, 0.2) is 41.7 Å². The molecule has 1 aliphatic rings. The average Bonchev–Trinajstić information content (AvgIpc) is 2.71. The van der Waals surface area contributed by atoms with Gasteiger partial charge >= 0.3 is 12.1 Å². The molecule has 0 bridgehead atoms. The fourth-order valence-corrected chi connectivity index (χ4v) is 2.42. The predicted octanol–water partition coefficient (Wildman–Crippen LogP) is 2.14. The molecule has 1 N–H and O–H groups in total. The molecule has 23 heavy (non-hydrogen) atoms. The average molecular weight is 327 g/mol. The van der Waals surface area contributed by atoms with Gasteiger partial charge in [0.25, 0.3) is 11.4 Å². The van der Waals surface area contributed by atoms with Gasteiger partial charge in [-0.25, -0.2) is 4.79 Å². The molecule has 1 aromatic carbocycles. The van der Waals surface area contributed by atoms with E-state index in [0.717, 1.165) is 13.8 Å². The highest BCUT2D eigenvalue weighted by Crippen LogP contribution is 2.43. The van der Waals surface area contributed by atoms with E-state index in [2.05, 4.69) is 4.74 Å². The van der Waals surface area contributed by atoms with E-state index in [1.165, 1.54) is 24.3 Å². The largest absolute Gasteiger partial charge is 0.429 e. The number of ketones is 1. The number of nitrogens with one attached hydrogen (secondary N) is 1. The number of hydrogen-bond acceptors (Lipinski definition) is 4. The van der Waals surface area contributed by atoms with Crippen molar-refractivity contribution in [3.05, 3.63) is 47.2 Å². The molecule has 1 unspecified atom stereocenters. The Hall–Kier alpha value is -2.64. The summed E-state index contributed by atoms with van der Waals surface area (Å²) in [4.78, 5) is 35.6. The van der Waals surface area contributed by atoms with Gasteiger partial charge in [0.15, 0.2) is 5.78 Å². The quantitative estimate of drug-likeness (QED) is 0.863. The molecule has 0 aliphatic carbocycles. The van der Waals surface area contributed by atoms with Gasteiger partial charge in [-0.1, -0.05) is 18.2 Å². The molecule has 0 saturated carbocycles. The Morgan fingerprint density at radius 1 is 1.17 bits per heavy atom. The fraction of sp³-hybridized carbons (Fsp3) is 0.267. The highest BCUT2D eigenvalue weighted by molar-refractivity contribution is 6.10. The molecule has 1 atom stereocenters. The molecule has 1 aliphatic heterocycles. The van der Waals surface area contributed by atoms with Crippen LogP contribution in [0.3, 0.4) is 0 Å². The summed E-state index contributed by atoms with van der Waals surface area (Å²) in [7, 11) is 0. The van der Waals surface area contributed by atoms with Crippen LogP contribution in [-0.2, 0) is 14.3 Å². The summed E-state index contributed by atoms with van der Waals surface area (Å²) in [6.07, 6.45) is -5.24. The Morgan fingerprint density at radius 3 is 2.22 bits per heavy atom. The summed E-state index contributed by atoms with van der Waals surface area (Å²) in [6, 6.07) is 7.04. The lowest BCUT2D eigenvalue weighted by molar-refractivity contribution is -0.195. The number of rotatable bonds is 3. The van der Waals surface area contributed by atoms with Crippen LogP contribution in [0.1, 0.15) is 24.2 Å². The Morgan fingerprint density at radius 2 is 1.74 bits per heavy atom. The highest BCUT2D eigenvalue weighted by atomic mass is 19.4. The van der Waals surface area contributed by atoms with Gasteiger partial charge in [0.2, 0.25) is 0 Å². The second kappa shape index (κ2) is 5.53. The Balaban J connectivity index is 2.56. The van der Waals surface area contributed by atoms with Gasteiger partial charge in [-0.15, -0.1) is 0 Å². The minimum Gasteiger partial charge on any atom is -0.429 e. The van der Waals surface area contributed by atoms with Crippen molar-refractivity contribution in [2.24, 2.45) is 0 Å². The van der Waals surface area contributed by atoms with Crippen LogP contribution in [0, 0.1) is 0 Å². The van der Waals surface area contributed by atoms with Crippen molar-refractivity contribution in [2.45, 2.75) is 25.6 Å². The number of hydrogen-bond donors (Lipinski definition) is 1. The van der Waals surface area contributed by atoms with Crippen LogP contribution in [0.5, 0.6) is 0 Å². The third-order valence-corrected chi connectivity index (χ3v) is 3.39. The zero-order chi connectivity index (χ0) is 17.4. The normalized spacial score (nSPS) is 21.2. The number of carbonyl (C=O) groups excluding carboxylic acids is 3. The second-order valence-electron chi connectivity index (χ2n) is 4.94. The van der Waals surface area contributed by atoms with Crippen molar-refractivity contribution in [2.75, 3.05) is 0 Å². The molecule has 0 radical (unpaired) electrons. The molecule has 1 aromatic rings. The van der Waals surface area contributed by atoms with Crippen molar-refractivity contribution >= 4 is 17.7 Å². The molecule has 5 nitrogen and oxygen atoms in total.